The van der Waals surface area contributed by atoms with Gasteiger partial charge >= 0.3 is 0 Å². The molecule has 4 heteroatoms. The third kappa shape index (κ3) is 2.48. The summed E-state index contributed by atoms with van der Waals surface area (Å²) in [6.45, 7) is 3.49. The van der Waals surface area contributed by atoms with Crippen LogP contribution in [0.1, 0.15) is 46.0 Å². The van der Waals surface area contributed by atoms with Gasteiger partial charge in [0.1, 0.15) is 0 Å². The predicted molar refractivity (Wildman–Crippen MR) is 58.7 cm³/mol. The molecular formula is C10H21NO2S. The summed E-state index contributed by atoms with van der Waals surface area (Å²) < 4.78 is 25.3. The Labute approximate surface area is 87.5 Å². The maximum atomic E-state index is 11.9. The first kappa shape index (κ1) is 12.0. The molecule has 0 atom stereocenters. The highest BCUT2D eigenvalue weighted by Gasteiger charge is 2.29. The molecule has 1 saturated carbocycles. The average Bonchev–Trinajstić information content (AvgIpc) is 2.17. The van der Waals surface area contributed by atoms with E-state index in [1.807, 2.05) is 0 Å². The fourth-order valence-corrected chi connectivity index (χ4v) is 3.28. The van der Waals surface area contributed by atoms with Gasteiger partial charge in [-0.05, 0) is 26.7 Å². The minimum atomic E-state index is -3.04. The maximum Gasteiger partial charge on any atom is 0.216 e. The molecule has 3 nitrogen and oxygen atoms in total. The third-order valence-corrected chi connectivity index (χ3v) is 5.38. The summed E-state index contributed by atoms with van der Waals surface area (Å²) in [4.78, 5) is 0. The Bertz CT molecular complexity index is 266. The van der Waals surface area contributed by atoms with Crippen LogP contribution >= 0.6 is 0 Å². The maximum absolute atomic E-state index is 11.9. The van der Waals surface area contributed by atoms with Gasteiger partial charge < -0.3 is 0 Å². The van der Waals surface area contributed by atoms with Gasteiger partial charge in [0, 0.05) is 13.1 Å². The molecule has 0 saturated heterocycles. The summed E-state index contributed by atoms with van der Waals surface area (Å²) in [6.07, 6.45) is 5.65. The normalized spacial score (nSPS) is 20.6. The van der Waals surface area contributed by atoms with Gasteiger partial charge in [-0.15, -0.1) is 0 Å². The van der Waals surface area contributed by atoms with Crippen molar-refractivity contribution in [1.29, 1.82) is 0 Å². The highest BCUT2D eigenvalue weighted by molar-refractivity contribution is 7.89. The molecule has 0 heterocycles. The smallest absolute Gasteiger partial charge is 0.212 e. The highest BCUT2D eigenvalue weighted by Crippen LogP contribution is 2.24. The molecule has 0 unspecified atom stereocenters. The number of sulfonamides is 1. The zero-order chi connectivity index (χ0) is 10.8. The molecule has 0 bridgehead atoms. The van der Waals surface area contributed by atoms with Crippen molar-refractivity contribution in [3.05, 3.63) is 0 Å². The molecule has 84 valence electrons. The van der Waals surface area contributed by atoms with Gasteiger partial charge in [0.15, 0.2) is 0 Å². The van der Waals surface area contributed by atoms with Crippen molar-refractivity contribution in [3.63, 3.8) is 0 Å². The van der Waals surface area contributed by atoms with Crippen molar-refractivity contribution < 1.29 is 8.42 Å². The molecule has 0 N–H and O–H groups in total. The molecule has 0 aliphatic heterocycles. The van der Waals surface area contributed by atoms with E-state index in [0.717, 1.165) is 12.8 Å². The average molecular weight is 219 g/mol. The largest absolute Gasteiger partial charge is 0.216 e. The summed E-state index contributed by atoms with van der Waals surface area (Å²) in [7, 11) is -1.32. The summed E-state index contributed by atoms with van der Waals surface area (Å²) in [5.74, 6) is 0. The Kier molecular flexibility index (Phi) is 3.95. The molecule has 0 radical (unpaired) electrons. The monoisotopic (exact) mass is 219 g/mol. The van der Waals surface area contributed by atoms with E-state index < -0.39 is 10.0 Å². The first-order valence-corrected chi connectivity index (χ1v) is 6.93. The Morgan fingerprint density at radius 3 is 2.07 bits per heavy atom. The summed E-state index contributed by atoms with van der Waals surface area (Å²) in [5, 5.41) is -0.297. The summed E-state index contributed by atoms with van der Waals surface area (Å²) in [5.41, 5.74) is 0. The first-order valence-electron chi connectivity index (χ1n) is 5.43. The summed E-state index contributed by atoms with van der Waals surface area (Å²) in [6, 6.07) is 0.246. The fraction of sp³-hybridized carbons (Fsp3) is 1.00. The van der Waals surface area contributed by atoms with E-state index in [-0.39, 0.29) is 11.3 Å². The molecule has 1 aliphatic carbocycles. The molecule has 0 spiro atoms. The van der Waals surface area contributed by atoms with Crippen molar-refractivity contribution in [3.8, 4) is 0 Å². The first-order chi connectivity index (χ1) is 6.46. The van der Waals surface area contributed by atoms with Gasteiger partial charge in [-0.1, -0.05) is 19.3 Å². The molecule has 0 amide bonds. The van der Waals surface area contributed by atoms with E-state index in [1.54, 1.807) is 25.2 Å². The zero-order valence-corrected chi connectivity index (χ0v) is 10.2. The van der Waals surface area contributed by atoms with Crippen molar-refractivity contribution in [1.82, 2.24) is 4.31 Å². The lowest BCUT2D eigenvalue weighted by atomic mass is 9.96. The molecule has 1 rings (SSSR count). The third-order valence-electron chi connectivity index (χ3n) is 3.09. The van der Waals surface area contributed by atoms with E-state index in [9.17, 15) is 8.42 Å². The van der Waals surface area contributed by atoms with E-state index in [2.05, 4.69) is 0 Å². The quantitative estimate of drug-likeness (QED) is 0.728. The summed E-state index contributed by atoms with van der Waals surface area (Å²) >= 11 is 0. The molecule has 0 aromatic heterocycles. The van der Waals surface area contributed by atoms with Gasteiger partial charge in [-0.2, -0.15) is 0 Å². The standard InChI is InChI=1S/C10H21NO2S/c1-9(2)14(12,13)11(3)10-7-5-4-6-8-10/h9-10H,4-8H2,1-3H3. The van der Waals surface area contributed by atoms with Crippen LogP contribution in [0.25, 0.3) is 0 Å². The van der Waals surface area contributed by atoms with Crippen LogP contribution in [0.2, 0.25) is 0 Å². The fourth-order valence-electron chi connectivity index (χ4n) is 1.98. The minimum absolute atomic E-state index is 0.246. The number of hydrogen-bond donors (Lipinski definition) is 0. The number of nitrogens with zero attached hydrogens (tertiary/aromatic N) is 1. The zero-order valence-electron chi connectivity index (χ0n) is 9.36. The Hall–Kier alpha value is -0.0900. The van der Waals surface area contributed by atoms with E-state index >= 15 is 0 Å². The van der Waals surface area contributed by atoms with Crippen molar-refractivity contribution in [2.24, 2.45) is 0 Å². The lowest BCUT2D eigenvalue weighted by Crippen LogP contribution is -2.41. The molecule has 1 fully saturated rings. The predicted octanol–water partition coefficient (Wildman–Crippen LogP) is 1.99. The second-order valence-electron chi connectivity index (χ2n) is 4.40. The topological polar surface area (TPSA) is 37.4 Å². The molecule has 0 aromatic rings. The van der Waals surface area contributed by atoms with Crippen LogP contribution in [0.3, 0.4) is 0 Å². The van der Waals surface area contributed by atoms with Crippen molar-refractivity contribution >= 4 is 10.0 Å². The van der Waals surface area contributed by atoms with E-state index in [0.29, 0.717) is 0 Å². The molecule has 0 aromatic carbocycles. The lowest BCUT2D eigenvalue weighted by Gasteiger charge is -2.31. The van der Waals surface area contributed by atoms with E-state index in [1.165, 1.54) is 19.3 Å². The van der Waals surface area contributed by atoms with Crippen molar-refractivity contribution in [2.45, 2.75) is 57.2 Å². The molecular weight excluding hydrogens is 198 g/mol. The van der Waals surface area contributed by atoms with Gasteiger partial charge in [-0.3, -0.25) is 0 Å². The van der Waals surface area contributed by atoms with Gasteiger partial charge in [0.2, 0.25) is 10.0 Å². The molecule has 1 aliphatic rings. The van der Waals surface area contributed by atoms with Crippen LogP contribution in [-0.4, -0.2) is 31.1 Å². The number of rotatable bonds is 3. The minimum Gasteiger partial charge on any atom is -0.212 e. The number of hydrogen-bond acceptors (Lipinski definition) is 2. The van der Waals surface area contributed by atoms with Gasteiger partial charge in [-0.25, -0.2) is 12.7 Å². The van der Waals surface area contributed by atoms with Gasteiger partial charge in [0.25, 0.3) is 0 Å². The van der Waals surface area contributed by atoms with Crippen molar-refractivity contribution in [2.75, 3.05) is 7.05 Å². The van der Waals surface area contributed by atoms with Crippen LogP contribution in [0.5, 0.6) is 0 Å². The van der Waals surface area contributed by atoms with E-state index in [4.69, 9.17) is 0 Å². The second kappa shape index (κ2) is 4.62. The SMILES string of the molecule is CC(C)S(=O)(=O)N(C)C1CCCCC1. The Morgan fingerprint density at radius 2 is 1.64 bits per heavy atom. The van der Waals surface area contributed by atoms with Crippen LogP contribution < -0.4 is 0 Å². The van der Waals surface area contributed by atoms with Crippen LogP contribution in [0, 0.1) is 0 Å². The van der Waals surface area contributed by atoms with Crippen LogP contribution in [0.15, 0.2) is 0 Å². The Balaban J connectivity index is 2.68. The Morgan fingerprint density at radius 1 is 1.14 bits per heavy atom. The van der Waals surface area contributed by atoms with Gasteiger partial charge in [0.05, 0.1) is 5.25 Å². The van der Waals surface area contributed by atoms with Crippen LogP contribution in [-0.2, 0) is 10.0 Å². The molecule has 14 heavy (non-hydrogen) atoms. The van der Waals surface area contributed by atoms with Crippen LogP contribution in [0.4, 0.5) is 0 Å². The lowest BCUT2D eigenvalue weighted by molar-refractivity contribution is 0.284. The second-order valence-corrected chi connectivity index (χ2v) is 6.95. The highest BCUT2D eigenvalue weighted by atomic mass is 32.2.